The molecule has 1 unspecified atom stereocenters. The maximum atomic E-state index is 6.18. The van der Waals surface area contributed by atoms with Gasteiger partial charge in [-0.05, 0) is 0 Å². The molecule has 1 aromatic rings. The van der Waals surface area contributed by atoms with Crippen LogP contribution in [0, 0.1) is 0 Å². The summed E-state index contributed by atoms with van der Waals surface area (Å²) in [5.41, 5.74) is 3.67. The number of allylic oxidation sites excluding steroid dienone is 1. The van der Waals surface area contributed by atoms with Crippen LogP contribution in [0.15, 0.2) is 23.8 Å². The van der Waals surface area contributed by atoms with Gasteiger partial charge >= 0.3 is 106 Å². The van der Waals surface area contributed by atoms with Crippen LogP contribution >= 0.6 is 17.0 Å². The second-order valence-corrected chi connectivity index (χ2v) is 12.4. The monoisotopic (exact) mass is 319 g/mol. The SMILES string of the molecule is COc1cccc2c1C=C(C)[CH]2[Zr]([Cl])[Cl]. The molecule has 0 radical (unpaired) electrons. The first-order valence-electron chi connectivity index (χ1n) is 4.68. The van der Waals surface area contributed by atoms with Crippen molar-refractivity contribution >= 4 is 23.1 Å². The average molecular weight is 321 g/mol. The minimum atomic E-state index is -2.28. The molecule has 1 aliphatic rings. The summed E-state index contributed by atoms with van der Waals surface area (Å²) >= 11 is -2.28. The number of fused-ring (bicyclic) bond motifs is 1. The van der Waals surface area contributed by atoms with Gasteiger partial charge in [-0.1, -0.05) is 0 Å². The fraction of sp³-hybridized carbons (Fsp3) is 0.273. The van der Waals surface area contributed by atoms with Gasteiger partial charge < -0.3 is 0 Å². The Hall–Kier alpha value is 0.223. The number of methoxy groups -OCH3 is 1. The van der Waals surface area contributed by atoms with Crippen molar-refractivity contribution in [2.45, 2.75) is 10.5 Å². The Morgan fingerprint density at radius 1 is 1.33 bits per heavy atom. The molecule has 1 nitrogen and oxygen atoms in total. The predicted molar refractivity (Wildman–Crippen MR) is 61.1 cm³/mol. The van der Waals surface area contributed by atoms with Gasteiger partial charge in [0.15, 0.2) is 0 Å². The fourth-order valence-electron chi connectivity index (χ4n) is 1.99. The quantitative estimate of drug-likeness (QED) is 0.797. The second-order valence-electron chi connectivity index (χ2n) is 3.57. The van der Waals surface area contributed by atoms with Crippen molar-refractivity contribution in [1.82, 2.24) is 0 Å². The summed E-state index contributed by atoms with van der Waals surface area (Å²) in [5.74, 6) is 0.910. The Morgan fingerprint density at radius 2 is 2.07 bits per heavy atom. The van der Waals surface area contributed by atoms with Crippen LogP contribution in [0.3, 0.4) is 0 Å². The van der Waals surface area contributed by atoms with Crippen LogP contribution in [0.1, 0.15) is 21.7 Å². The van der Waals surface area contributed by atoms with Crippen LogP contribution in [0.5, 0.6) is 5.75 Å². The summed E-state index contributed by atoms with van der Waals surface area (Å²) in [6, 6.07) is 6.06. The van der Waals surface area contributed by atoms with Crippen LogP contribution < -0.4 is 4.74 Å². The van der Waals surface area contributed by atoms with E-state index in [1.165, 1.54) is 11.1 Å². The molecule has 1 aliphatic carbocycles. The van der Waals surface area contributed by atoms with Crippen molar-refractivity contribution in [2.24, 2.45) is 0 Å². The Kier molecular flexibility index (Phi) is 3.60. The van der Waals surface area contributed by atoms with E-state index in [1.54, 1.807) is 7.11 Å². The number of hydrogen-bond donors (Lipinski definition) is 0. The van der Waals surface area contributed by atoms with E-state index in [0.29, 0.717) is 3.63 Å². The Morgan fingerprint density at radius 3 is 2.67 bits per heavy atom. The van der Waals surface area contributed by atoms with E-state index in [9.17, 15) is 0 Å². The van der Waals surface area contributed by atoms with E-state index in [1.807, 2.05) is 12.1 Å². The Labute approximate surface area is 105 Å². The molecule has 1 atom stereocenters. The van der Waals surface area contributed by atoms with Crippen molar-refractivity contribution in [3.05, 3.63) is 34.9 Å². The molecule has 0 heterocycles. The first kappa shape index (κ1) is 11.7. The van der Waals surface area contributed by atoms with Crippen LogP contribution in [-0.2, 0) is 19.4 Å². The van der Waals surface area contributed by atoms with Gasteiger partial charge in [0.25, 0.3) is 0 Å². The summed E-state index contributed by atoms with van der Waals surface area (Å²) in [5, 5.41) is 0. The molecule has 4 heteroatoms. The molecule has 0 bridgehead atoms. The van der Waals surface area contributed by atoms with Crippen molar-refractivity contribution in [3.63, 3.8) is 0 Å². The first-order chi connectivity index (χ1) is 7.15. The molecule has 0 saturated heterocycles. The molecule has 0 spiro atoms. The molecule has 0 aromatic heterocycles. The average Bonchev–Trinajstić information content (AvgIpc) is 2.53. The minimum absolute atomic E-state index is 0.292. The molecule has 0 fully saturated rings. The molecular weight excluding hydrogens is 310 g/mol. The van der Waals surface area contributed by atoms with Gasteiger partial charge in [0.2, 0.25) is 0 Å². The number of halogens is 2. The first-order valence-corrected chi connectivity index (χ1v) is 12.4. The summed E-state index contributed by atoms with van der Waals surface area (Å²) in [6.45, 7) is 2.09. The molecule has 0 amide bonds. The molecule has 15 heavy (non-hydrogen) atoms. The zero-order valence-corrected chi connectivity index (χ0v) is 12.5. The van der Waals surface area contributed by atoms with E-state index < -0.39 is 19.4 Å². The van der Waals surface area contributed by atoms with Gasteiger partial charge in [-0.2, -0.15) is 0 Å². The number of rotatable bonds is 2. The van der Waals surface area contributed by atoms with Crippen molar-refractivity contribution < 1.29 is 24.1 Å². The van der Waals surface area contributed by atoms with Gasteiger partial charge in [-0.3, -0.25) is 0 Å². The molecule has 0 aliphatic heterocycles. The Bertz CT molecular complexity index is 415. The third-order valence-corrected chi connectivity index (χ3v) is 8.21. The normalized spacial score (nSPS) is 18.4. The zero-order valence-electron chi connectivity index (χ0n) is 8.55. The van der Waals surface area contributed by atoms with Crippen molar-refractivity contribution in [3.8, 4) is 5.75 Å². The van der Waals surface area contributed by atoms with E-state index >= 15 is 0 Å². The molecule has 1 aromatic carbocycles. The number of benzene rings is 1. The van der Waals surface area contributed by atoms with Gasteiger partial charge in [0.1, 0.15) is 0 Å². The molecular formula is C11H11Cl2OZr. The van der Waals surface area contributed by atoms with Crippen LogP contribution in [0.4, 0.5) is 0 Å². The van der Waals surface area contributed by atoms with Crippen molar-refractivity contribution in [1.29, 1.82) is 0 Å². The van der Waals surface area contributed by atoms with Gasteiger partial charge in [-0.25, -0.2) is 0 Å². The van der Waals surface area contributed by atoms with Gasteiger partial charge in [0, 0.05) is 0 Å². The molecule has 2 rings (SSSR count). The van der Waals surface area contributed by atoms with Gasteiger partial charge in [-0.15, -0.1) is 0 Å². The summed E-state index contributed by atoms with van der Waals surface area (Å²) in [4.78, 5) is 0. The number of hydrogen-bond acceptors (Lipinski definition) is 1. The van der Waals surface area contributed by atoms with Crippen LogP contribution in [0.25, 0.3) is 6.08 Å². The van der Waals surface area contributed by atoms with Crippen LogP contribution in [-0.4, -0.2) is 7.11 Å². The molecule has 0 saturated carbocycles. The molecule has 79 valence electrons. The summed E-state index contributed by atoms with van der Waals surface area (Å²) in [7, 11) is 14.1. The standard InChI is InChI=1S/C11H11O.2ClH.Zr/c1-8-6-9-4-3-5-11(12-2)10(9)7-8;;;/h3-7H,1-2H3;2*1H;/q;;;+2/p-2. The predicted octanol–water partition coefficient (Wildman–Crippen LogP) is 4.08. The third-order valence-electron chi connectivity index (χ3n) is 2.68. The van der Waals surface area contributed by atoms with E-state index in [-0.39, 0.29) is 0 Å². The second kappa shape index (κ2) is 4.61. The van der Waals surface area contributed by atoms with E-state index in [2.05, 4.69) is 19.1 Å². The van der Waals surface area contributed by atoms with Gasteiger partial charge in [0.05, 0.1) is 0 Å². The third kappa shape index (κ3) is 2.05. The maximum absolute atomic E-state index is 6.18. The molecule has 0 N–H and O–H groups in total. The fourth-order valence-corrected chi connectivity index (χ4v) is 7.67. The van der Waals surface area contributed by atoms with Crippen LogP contribution in [0.2, 0.25) is 0 Å². The van der Waals surface area contributed by atoms with E-state index in [4.69, 9.17) is 21.8 Å². The number of ether oxygens (including phenoxy) is 1. The van der Waals surface area contributed by atoms with Crippen molar-refractivity contribution in [2.75, 3.05) is 7.11 Å². The zero-order chi connectivity index (χ0) is 11.0. The topological polar surface area (TPSA) is 9.23 Å². The summed E-state index contributed by atoms with van der Waals surface area (Å²) < 4.78 is 5.62. The Balaban J connectivity index is 2.54. The van der Waals surface area contributed by atoms with E-state index in [0.717, 1.165) is 11.3 Å². The summed E-state index contributed by atoms with van der Waals surface area (Å²) in [6.07, 6.45) is 2.14.